The van der Waals surface area contributed by atoms with E-state index in [0.29, 0.717) is 31.3 Å². The quantitative estimate of drug-likeness (QED) is 0.283. The zero-order chi connectivity index (χ0) is 23.5. The third kappa shape index (κ3) is 4.82. The molecule has 4 N–H and O–H groups in total. The van der Waals surface area contributed by atoms with Gasteiger partial charge in [-0.3, -0.25) is 0 Å². The molecule has 0 saturated carbocycles. The fourth-order valence-electron chi connectivity index (χ4n) is 3.84. The molecule has 0 radical (unpaired) electrons. The summed E-state index contributed by atoms with van der Waals surface area (Å²) in [5.41, 5.74) is 3.87. The van der Waals surface area contributed by atoms with Gasteiger partial charge in [0.2, 0.25) is 0 Å². The van der Waals surface area contributed by atoms with Crippen LogP contribution in [0.2, 0.25) is 5.02 Å². The van der Waals surface area contributed by atoms with Crippen molar-refractivity contribution in [2.75, 3.05) is 31.7 Å². The molecule has 1 atom stereocenters. The topological polar surface area (TPSA) is 95.9 Å². The standard InChI is InChI=1S/C25H24ClN3O4S/c26-20-10-15(12-27-13-17(31)14-30)4-6-21(20)28-25-19-3-1-2-18(24(19)34-29-25)16-5-7-22-23(11-16)33-9-8-32-22/h1-7,10-11,17,27,30-31H,8-9,12-14H2,(H,28,29)/t17-/m0/s1. The molecule has 1 aliphatic heterocycles. The first-order chi connectivity index (χ1) is 16.6. The van der Waals surface area contributed by atoms with Crippen LogP contribution in [0.4, 0.5) is 11.5 Å². The van der Waals surface area contributed by atoms with E-state index >= 15 is 0 Å². The number of benzene rings is 3. The Bertz CT molecular complexity index is 1310. The molecule has 1 aromatic heterocycles. The first kappa shape index (κ1) is 22.9. The minimum atomic E-state index is -0.776. The number of rotatable bonds is 8. The molecular formula is C25H24ClN3O4S. The molecule has 34 heavy (non-hydrogen) atoms. The summed E-state index contributed by atoms with van der Waals surface area (Å²) in [5, 5.41) is 26.4. The van der Waals surface area contributed by atoms with Gasteiger partial charge in [0.15, 0.2) is 17.3 Å². The molecule has 5 rings (SSSR count). The zero-order valence-corrected chi connectivity index (χ0v) is 19.8. The van der Waals surface area contributed by atoms with Gasteiger partial charge in [-0.25, -0.2) is 0 Å². The summed E-state index contributed by atoms with van der Waals surface area (Å²) >= 11 is 7.97. The number of nitrogens with one attached hydrogen (secondary N) is 2. The van der Waals surface area contributed by atoms with E-state index in [-0.39, 0.29) is 6.61 Å². The zero-order valence-electron chi connectivity index (χ0n) is 18.3. The van der Waals surface area contributed by atoms with Crippen molar-refractivity contribution < 1.29 is 19.7 Å². The predicted octanol–water partition coefficient (Wildman–Crippen LogP) is 4.57. The van der Waals surface area contributed by atoms with Gasteiger partial charge in [0, 0.05) is 24.0 Å². The predicted molar refractivity (Wildman–Crippen MR) is 136 cm³/mol. The van der Waals surface area contributed by atoms with E-state index in [1.807, 2.05) is 48.5 Å². The van der Waals surface area contributed by atoms with Crippen molar-refractivity contribution in [3.63, 3.8) is 0 Å². The summed E-state index contributed by atoms with van der Waals surface area (Å²) in [6.07, 6.45) is -0.776. The van der Waals surface area contributed by atoms with Crippen molar-refractivity contribution in [3.05, 3.63) is 65.2 Å². The molecule has 0 amide bonds. The highest BCUT2D eigenvalue weighted by molar-refractivity contribution is 7.14. The van der Waals surface area contributed by atoms with Crippen LogP contribution in [0.5, 0.6) is 11.5 Å². The second-order valence-electron chi connectivity index (χ2n) is 7.98. The molecule has 1 aliphatic rings. The normalized spacial score (nSPS) is 13.7. The molecule has 0 aliphatic carbocycles. The first-order valence-electron chi connectivity index (χ1n) is 11.0. The minimum absolute atomic E-state index is 0.269. The average Bonchev–Trinajstić information content (AvgIpc) is 3.28. The van der Waals surface area contributed by atoms with Gasteiger partial charge in [0.05, 0.1) is 28.1 Å². The van der Waals surface area contributed by atoms with Gasteiger partial charge in [-0.05, 0) is 53.0 Å². The van der Waals surface area contributed by atoms with Gasteiger partial charge in [-0.15, -0.1) is 0 Å². The van der Waals surface area contributed by atoms with Crippen LogP contribution in [0.15, 0.2) is 54.6 Å². The molecular weight excluding hydrogens is 474 g/mol. The van der Waals surface area contributed by atoms with Crippen molar-refractivity contribution in [3.8, 4) is 22.6 Å². The summed E-state index contributed by atoms with van der Waals surface area (Å²) in [5.74, 6) is 2.28. The first-order valence-corrected chi connectivity index (χ1v) is 12.1. The smallest absolute Gasteiger partial charge is 0.161 e. The van der Waals surface area contributed by atoms with Crippen LogP contribution < -0.4 is 20.1 Å². The lowest BCUT2D eigenvalue weighted by Gasteiger charge is -2.19. The molecule has 7 nitrogen and oxygen atoms in total. The van der Waals surface area contributed by atoms with E-state index in [1.54, 1.807) is 0 Å². The average molecular weight is 498 g/mol. The summed E-state index contributed by atoms with van der Waals surface area (Å²) in [6, 6.07) is 17.9. The molecule has 176 valence electrons. The summed E-state index contributed by atoms with van der Waals surface area (Å²) < 4.78 is 17.1. The van der Waals surface area contributed by atoms with Crippen LogP contribution in [0, 0.1) is 0 Å². The van der Waals surface area contributed by atoms with Gasteiger partial charge < -0.3 is 30.3 Å². The van der Waals surface area contributed by atoms with Crippen molar-refractivity contribution >= 4 is 44.7 Å². The number of aliphatic hydroxyl groups excluding tert-OH is 2. The third-order valence-corrected chi connectivity index (χ3v) is 6.77. The Morgan fingerprint density at radius 1 is 1.06 bits per heavy atom. The lowest BCUT2D eigenvalue weighted by atomic mass is 10.0. The maximum atomic E-state index is 9.44. The van der Waals surface area contributed by atoms with E-state index in [4.69, 9.17) is 26.2 Å². The molecule has 0 unspecified atom stereocenters. The number of halogens is 1. The van der Waals surface area contributed by atoms with Crippen molar-refractivity contribution in [2.24, 2.45) is 0 Å². The number of nitrogens with zero attached hydrogens (tertiary/aromatic N) is 1. The summed E-state index contributed by atoms with van der Waals surface area (Å²) in [7, 11) is 0. The number of aromatic nitrogens is 1. The number of hydrogen-bond donors (Lipinski definition) is 4. The lowest BCUT2D eigenvalue weighted by molar-refractivity contribution is 0.0942. The van der Waals surface area contributed by atoms with Crippen LogP contribution in [0.1, 0.15) is 5.56 Å². The van der Waals surface area contributed by atoms with Gasteiger partial charge in [-0.1, -0.05) is 35.9 Å². The van der Waals surface area contributed by atoms with E-state index < -0.39 is 6.10 Å². The van der Waals surface area contributed by atoms with Crippen molar-refractivity contribution in [1.82, 2.24) is 9.69 Å². The Balaban J connectivity index is 1.37. The number of aliphatic hydroxyl groups is 2. The number of fused-ring (bicyclic) bond motifs is 2. The van der Waals surface area contributed by atoms with E-state index in [2.05, 4.69) is 21.1 Å². The van der Waals surface area contributed by atoms with E-state index in [1.165, 1.54) is 11.5 Å². The molecule has 0 spiro atoms. The maximum Gasteiger partial charge on any atom is 0.161 e. The van der Waals surface area contributed by atoms with Crippen molar-refractivity contribution in [1.29, 1.82) is 0 Å². The summed E-state index contributed by atoms with van der Waals surface area (Å²) in [6.45, 7) is 1.70. The number of anilines is 2. The fraction of sp³-hybridized carbons (Fsp3) is 0.240. The Morgan fingerprint density at radius 2 is 1.91 bits per heavy atom. The van der Waals surface area contributed by atoms with E-state index in [0.717, 1.165) is 49.8 Å². The van der Waals surface area contributed by atoms with Crippen LogP contribution in [-0.2, 0) is 6.54 Å². The van der Waals surface area contributed by atoms with Crippen LogP contribution in [-0.4, -0.2) is 47.1 Å². The summed E-state index contributed by atoms with van der Waals surface area (Å²) in [4.78, 5) is 0. The van der Waals surface area contributed by atoms with Crippen molar-refractivity contribution in [2.45, 2.75) is 12.6 Å². The molecule has 9 heteroatoms. The lowest BCUT2D eigenvalue weighted by Crippen LogP contribution is -2.28. The molecule has 0 saturated heterocycles. The largest absolute Gasteiger partial charge is 0.486 e. The number of ether oxygens (including phenoxy) is 2. The molecule has 3 aromatic carbocycles. The monoisotopic (exact) mass is 497 g/mol. The molecule has 4 aromatic rings. The highest BCUT2D eigenvalue weighted by atomic mass is 35.5. The van der Waals surface area contributed by atoms with Crippen LogP contribution in [0.3, 0.4) is 0 Å². The fourth-order valence-corrected chi connectivity index (χ4v) is 4.96. The molecule has 0 fully saturated rings. The minimum Gasteiger partial charge on any atom is -0.486 e. The third-order valence-electron chi connectivity index (χ3n) is 5.56. The molecule has 0 bridgehead atoms. The maximum absolute atomic E-state index is 9.44. The Labute approximate surface area is 206 Å². The number of hydrogen-bond acceptors (Lipinski definition) is 8. The highest BCUT2D eigenvalue weighted by Gasteiger charge is 2.16. The van der Waals surface area contributed by atoms with Crippen LogP contribution >= 0.6 is 23.1 Å². The van der Waals surface area contributed by atoms with Gasteiger partial charge >= 0.3 is 0 Å². The molecule has 2 heterocycles. The second kappa shape index (κ2) is 10.2. The van der Waals surface area contributed by atoms with Gasteiger partial charge in [0.1, 0.15) is 13.2 Å². The Hall–Kier alpha value is -2.88. The Kier molecular flexibility index (Phi) is 6.85. The highest BCUT2D eigenvalue weighted by Crippen LogP contribution is 2.40. The van der Waals surface area contributed by atoms with Gasteiger partial charge in [0.25, 0.3) is 0 Å². The van der Waals surface area contributed by atoms with Gasteiger partial charge in [-0.2, -0.15) is 4.37 Å². The second-order valence-corrected chi connectivity index (χ2v) is 9.16. The van der Waals surface area contributed by atoms with Crippen LogP contribution in [0.25, 0.3) is 21.2 Å². The SMILES string of the molecule is OC[C@@H](O)CNCc1ccc(Nc2nsc3c(-c4ccc5c(c4)OCCO5)cccc23)c(Cl)c1. The Morgan fingerprint density at radius 3 is 2.74 bits per heavy atom. The van der Waals surface area contributed by atoms with E-state index in [9.17, 15) is 5.11 Å².